The maximum atomic E-state index is 12.0. The maximum absolute atomic E-state index is 12.0. The molecule has 2 atom stereocenters. The first-order chi connectivity index (χ1) is 9.14. The average molecular weight is 285 g/mol. The molecule has 1 saturated heterocycles. The Kier molecular flexibility index (Phi) is 4.75. The zero-order valence-electron chi connectivity index (χ0n) is 11.8. The molecule has 20 heavy (non-hydrogen) atoms. The minimum Gasteiger partial charge on any atom is -0.480 e. The van der Waals surface area contributed by atoms with Crippen LogP contribution in [0.3, 0.4) is 0 Å². The van der Waals surface area contributed by atoms with Crippen molar-refractivity contribution in [2.75, 3.05) is 6.54 Å². The van der Waals surface area contributed by atoms with E-state index in [0.29, 0.717) is 0 Å². The molecule has 0 radical (unpaired) electrons. The Hall–Kier alpha value is -2.05. The van der Waals surface area contributed by atoms with Gasteiger partial charge in [-0.15, -0.1) is 0 Å². The standard InChI is InChI=1S/C13H19NO6/c1-5-10(15)19-8-6-9(11(16)17)14(7-8)12(18)20-13(2,3)4/h5,8-9H,1,6-7H2,2-4H3,(H,16,17)/t8-,9-/m1/s1. The Morgan fingerprint density at radius 2 is 1.95 bits per heavy atom. The molecule has 1 heterocycles. The van der Waals surface area contributed by atoms with Crippen LogP contribution in [0.15, 0.2) is 12.7 Å². The lowest BCUT2D eigenvalue weighted by Gasteiger charge is -2.26. The SMILES string of the molecule is C=CC(=O)O[C@@H]1C[C@H](C(=O)O)N(C(=O)OC(C)(C)C)C1. The van der Waals surface area contributed by atoms with Gasteiger partial charge in [-0.1, -0.05) is 6.58 Å². The average Bonchev–Trinajstić information content (AvgIpc) is 2.70. The van der Waals surface area contributed by atoms with Gasteiger partial charge in [0.25, 0.3) is 0 Å². The molecule has 7 heteroatoms. The van der Waals surface area contributed by atoms with Crippen molar-refractivity contribution in [3.05, 3.63) is 12.7 Å². The summed E-state index contributed by atoms with van der Waals surface area (Å²) in [7, 11) is 0. The first-order valence-corrected chi connectivity index (χ1v) is 6.19. The number of hydrogen-bond donors (Lipinski definition) is 1. The monoisotopic (exact) mass is 285 g/mol. The molecule has 0 unspecified atom stereocenters. The maximum Gasteiger partial charge on any atom is 0.411 e. The fourth-order valence-corrected chi connectivity index (χ4v) is 1.85. The molecule has 1 N–H and O–H groups in total. The molecule has 0 aromatic heterocycles. The van der Waals surface area contributed by atoms with Crippen LogP contribution >= 0.6 is 0 Å². The minimum absolute atomic E-state index is 0.00847. The number of carbonyl (C=O) groups excluding carboxylic acids is 2. The molecule has 1 rings (SSSR count). The van der Waals surface area contributed by atoms with Gasteiger partial charge in [-0.3, -0.25) is 4.90 Å². The molecule has 1 fully saturated rings. The molecule has 0 aromatic rings. The Labute approximate surface area is 117 Å². The summed E-state index contributed by atoms with van der Waals surface area (Å²) in [6.07, 6.45) is -0.378. The van der Waals surface area contributed by atoms with Crippen molar-refractivity contribution in [3.63, 3.8) is 0 Å². The summed E-state index contributed by atoms with van der Waals surface area (Å²) in [6, 6.07) is -1.06. The highest BCUT2D eigenvalue weighted by molar-refractivity contribution is 5.83. The molecule has 0 aromatic carbocycles. The number of ether oxygens (including phenoxy) is 2. The summed E-state index contributed by atoms with van der Waals surface area (Å²) in [6.45, 7) is 8.31. The second-order valence-electron chi connectivity index (χ2n) is 5.49. The van der Waals surface area contributed by atoms with Gasteiger partial charge < -0.3 is 14.6 Å². The van der Waals surface area contributed by atoms with Crippen LogP contribution in [0.2, 0.25) is 0 Å². The van der Waals surface area contributed by atoms with E-state index in [-0.39, 0.29) is 13.0 Å². The molecular formula is C13H19NO6. The Morgan fingerprint density at radius 1 is 1.35 bits per heavy atom. The van der Waals surface area contributed by atoms with Crippen LogP contribution in [0.5, 0.6) is 0 Å². The van der Waals surface area contributed by atoms with Gasteiger partial charge in [-0.2, -0.15) is 0 Å². The van der Waals surface area contributed by atoms with Gasteiger partial charge in [0, 0.05) is 12.5 Å². The zero-order valence-corrected chi connectivity index (χ0v) is 11.8. The van der Waals surface area contributed by atoms with Crippen LogP contribution in [0.25, 0.3) is 0 Å². The van der Waals surface area contributed by atoms with Crippen LogP contribution in [-0.2, 0) is 19.1 Å². The first kappa shape index (κ1) is 16.0. The van der Waals surface area contributed by atoms with E-state index in [1.807, 2.05) is 0 Å². The number of likely N-dealkylation sites (tertiary alicyclic amines) is 1. The lowest BCUT2D eigenvalue weighted by molar-refractivity contribution is -0.144. The number of rotatable bonds is 3. The first-order valence-electron chi connectivity index (χ1n) is 6.19. The fourth-order valence-electron chi connectivity index (χ4n) is 1.85. The number of carboxylic acid groups (broad SMARTS) is 1. The highest BCUT2D eigenvalue weighted by Gasteiger charge is 2.43. The minimum atomic E-state index is -1.16. The van der Waals surface area contributed by atoms with Crippen LogP contribution in [0, 0.1) is 0 Å². The molecule has 1 aliphatic rings. The fraction of sp³-hybridized carbons (Fsp3) is 0.615. The van der Waals surface area contributed by atoms with Crippen LogP contribution in [-0.4, -0.2) is 52.3 Å². The zero-order chi connectivity index (χ0) is 15.5. The van der Waals surface area contributed by atoms with Crippen molar-refractivity contribution in [1.29, 1.82) is 0 Å². The van der Waals surface area contributed by atoms with Crippen molar-refractivity contribution >= 4 is 18.0 Å². The molecule has 0 aliphatic carbocycles. The second kappa shape index (κ2) is 5.94. The Balaban J connectivity index is 2.77. The topological polar surface area (TPSA) is 93.1 Å². The van der Waals surface area contributed by atoms with E-state index >= 15 is 0 Å². The van der Waals surface area contributed by atoms with E-state index in [1.165, 1.54) is 0 Å². The van der Waals surface area contributed by atoms with Gasteiger partial charge in [-0.05, 0) is 20.8 Å². The molecule has 1 aliphatic heterocycles. The summed E-state index contributed by atoms with van der Waals surface area (Å²) in [4.78, 5) is 35.3. The number of amides is 1. The Bertz CT molecular complexity index is 425. The lowest BCUT2D eigenvalue weighted by Crippen LogP contribution is -2.43. The van der Waals surface area contributed by atoms with Gasteiger partial charge in [0.15, 0.2) is 0 Å². The van der Waals surface area contributed by atoms with Crippen molar-refractivity contribution in [3.8, 4) is 0 Å². The van der Waals surface area contributed by atoms with E-state index in [1.54, 1.807) is 20.8 Å². The number of carbonyl (C=O) groups is 3. The smallest absolute Gasteiger partial charge is 0.411 e. The summed E-state index contributed by atoms with van der Waals surface area (Å²) in [5.74, 6) is -1.81. The molecular weight excluding hydrogens is 266 g/mol. The summed E-state index contributed by atoms with van der Waals surface area (Å²) < 4.78 is 10.1. The van der Waals surface area contributed by atoms with Gasteiger partial charge in [0.2, 0.25) is 0 Å². The number of nitrogens with zero attached hydrogens (tertiary/aromatic N) is 1. The summed E-state index contributed by atoms with van der Waals surface area (Å²) >= 11 is 0. The van der Waals surface area contributed by atoms with Crippen molar-refractivity contribution < 1.29 is 29.0 Å². The third-order valence-corrected chi connectivity index (χ3v) is 2.63. The van der Waals surface area contributed by atoms with Crippen LogP contribution < -0.4 is 0 Å². The summed E-state index contributed by atoms with van der Waals surface area (Å²) in [5, 5.41) is 9.13. The molecule has 0 spiro atoms. The third-order valence-electron chi connectivity index (χ3n) is 2.63. The van der Waals surface area contributed by atoms with Crippen molar-refractivity contribution in [2.45, 2.75) is 44.9 Å². The highest BCUT2D eigenvalue weighted by atomic mass is 16.6. The number of esters is 1. The predicted molar refractivity (Wildman–Crippen MR) is 69.1 cm³/mol. The molecule has 0 bridgehead atoms. The summed E-state index contributed by atoms with van der Waals surface area (Å²) in [5.41, 5.74) is -0.726. The van der Waals surface area contributed by atoms with E-state index in [2.05, 4.69) is 6.58 Å². The molecule has 112 valence electrons. The van der Waals surface area contributed by atoms with Crippen molar-refractivity contribution in [1.82, 2.24) is 4.90 Å². The van der Waals surface area contributed by atoms with Gasteiger partial charge in [0.1, 0.15) is 17.7 Å². The Morgan fingerprint density at radius 3 is 2.40 bits per heavy atom. The molecule has 0 saturated carbocycles. The van der Waals surface area contributed by atoms with E-state index in [9.17, 15) is 14.4 Å². The second-order valence-corrected chi connectivity index (χ2v) is 5.49. The van der Waals surface area contributed by atoms with Crippen LogP contribution in [0.4, 0.5) is 4.79 Å². The van der Waals surface area contributed by atoms with Gasteiger partial charge in [-0.25, -0.2) is 14.4 Å². The lowest BCUT2D eigenvalue weighted by atomic mass is 10.2. The van der Waals surface area contributed by atoms with Crippen LogP contribution in [0.1, 0.15) is 27.2 Å². The van der Waals surface area contributed by atoms with E-state index in [0.717, 1.165) is 11.0 Å². The van der Waals surface area contributed by atoms with Gasteiger partial charge >= 0.3 is 18.0 Å². The number of aliphatic carboxylic acids is 1. The largest absolute Gasteiger partial charge is 0.480 e. The van der Waals surface area contributed by atoms with Gasteiger partial charge in [0.05, 0.1) is 6.54 Å². The third kappa shape index (κ3) is 4.25. The molecule has 1 amide bonds. The predicted octanol–water partition coefficient (Wildman–Crippen LogP) is 1.18. The van der Waals surface area contributed by atoms with Crippen molar-refractivity contribution in [2.24, 2.45) is 0 Å². The number of hydrogen-bond acceptors (Lipinski definition) is 5. The van der Waals surface area contributed by atoms with E-state index < -0.39 is 35.8 Å². The number of carboxylic acids is 1. The van der Waals surface area contributed by atoms with E-state index in [4.69, 9.17) is 14.6 Å². The normalized spacial score (nSPS) is 22.2. The molecule has 7 nitrogen and oxygen atoms in total. The quantitative estimate of drug-likeness (QED) is 0.618. The highest BCUT2D eigenvalue weighted by Crippen LogP contribution is 2.23.